The summed E-state index contributed by atoms with van der Waals surface area (Å²) in [6.07, 6.45) is 0. The molecule has 0 heterocycles. The van der Waals surface area contributed by atoms with Crippen LogP contribution in [0.2, 0.25) is 5.02 Å². The van der Waals surface area contributed by atoms with Gasteiger partial charge in [0.05, 0.1) is 12.1 Å². The highest BCUT2D eigenvalue weighted by atomic mass is 35.5. The van der Waals surface area contributed by atoms with Gasteiger partial charge in [-0.1, -0.05) is 36.7 Å². The molecule has 0 atom stereocenters. The first-order valence-corrected chi connectivity index (χ1v) is 7.10. The molecule has 0 N–H and O–H groups in total. The number of halogens is 1. The smallest absolute Gasteiger partial charge is 0.127 e. The maximum Gasteiger partial charge on any atom is 0.127 e. The number of benzene rings is 2. The van der Waals surface area contributed by atoms with Crippen molar-refractivity contribution in [1.29, 1.82) is 0 Å². The number of hydrogen-bond donors (Lipinski definition) is 0. The molecule has 18 heavy (non-hydrogen) atoms. The molecule has 0 amide bonds. The third-order valence-electron chi connectivity index (χ3n) is 2.56. The van der Waals surface area contributed by atoms with Crippen molar-refractivity contribution in [3.8, 4) is 16.9 Å². The van der Waals surface area contributed by atoms with E-state index in [0.29, 0.717) is 0 Å². The van der Waals surface area contributed by atoms with E-state index >= 15 is 0 Å². The van der Waals surface area contributed by atoms with E-state index in [9.17, 15) is 0 Å². The molecule has 0 bridgehead atoms. The summed E-state index contributed by atoms with van der Waals surface area (Å²) in [7, 11) is 1.66. The van der Waals surface area contributed by atoms with Crippen molar-refractivity contribution < 1.29 is 4.74 Å². The van der Waals surface area contributed by atoms with Crippen molar-refractivity contribution >= 4 is 23.4 Å². The van der Waals surface area contributed by atoms with Crippen LogP contribution in [-0.4, -0.2) is 12.9 Å². The fourth-order valence-electron chi connectivity index (χ4n) is 1.75. The summed E-state index contributed by atoms with van der Waals surface area (Å²) >= 11 is 8.02. The van der Waals surface area contributed by atoms with Gasteiger partial charge >= 0.3 is 0 Å². The molecule has 2 aromatic rings. The van der Waals surface area contributed by atoms with E-state index in [4.69, 9.17) is 16.3 Å². The zero-order valence-electron chi connectivity index (χ0n) is 10.4. The van der Waals surface area contributed by atoms with Crippen LogP contribution >= 0.6 is 23.4 Å². The van der Waals surface area contributed by atoms with E-state index in [1.807, 2.05) is 30.3 Å². The standard InChI is InChI=1S/C15H14ClOS/c1-3-18-15-9-8-11(10-13(15)16)12-6-4-5-7-14(12)17-2/h4-5,7-10H,3H2,1-2H3. The second kappa shape index (κ2) is 6.17. The molecule has 1 radical (unpaired) electrons. The Hall–Kier alpha value is -1.12. The molecule has 1 nitrogen and oxygen atoms in total. The lowest BCUT2D eigenvalue weighted by Crippen LogP contribution is -1.88. The maximum absolute atomic E-state index is 6.28. The quantitative estimate of drug-likeness (QED) is 0.733. The van der Waals surface area contributed by atoms with Crippen LogP contribution < -0.4 is 4.74 Å². The predicted molar refractivity (Wildman–Crippen MR) is 78.7 cm³/mol. The van der Waals surface area contributed by atoms with Crippen molar-refractivity contribution in [3.05, 3.63) is 47.5 Å². The zero-order valence-corrected chi connectivity index (χ0v) is 11.9. The Morgan fingerprint density at radius 3 is 2.83 bits per heavy atom. The Morgan fingerprint density at radius 2 is 2.17 bits per heavy atom. The normalized spacial score (nSPS) is 10.4. The van der Waals surface area contributed by atoms with Gasteiger partial charge in [0.1, 0.15) is 5.75 Å². The third kappa shape index (κ3) is 2.82. The van der Waals surface area contributed by atoms with Crippen molar-refractivity contribution in [3.63, 3.8) is 0 Å². The summed E-state index contributed by atoms with van der Waals surface area (Å²) < 4.78 is 5.34. The first kappa shape index (κ1) is 13.3. The summed E-state index contributed by atoms with van der Waals surface area (Å²) in [5, 5.41) is 0.777. The Morgan fingerprint density at radius 1 is 1.33 bits per heavy atom. The molecule has 93 valence electrons. The number of hydrogen-bond acceptors (Lipinski definition) is 2. The highest BCUT2D eigenvalue weighted by Crippen LogP contribution is 2.34. The molecule has 0 aliphatic rings. The molecule has 0 spiro atoms. The van der Waals surface area contributed by atoms with Crippen molar-refractivity contribution in [2.24, 2.45) is 0 Å². The predicted octanol–water partition coefficient (Wildman–Crippen LogP) is 4.93. The first-order chi connectivity index (χ1) is 8.76. The Kier molecular flexibility index (Phi) is 4.56. The fraction of sp³-hybridized carbons (Fsp3) is 0.200. The molecule has 0 aliphatic heterocycles. The number of methoxy groups -OCH3 is 1. The first-order valence-electron chi connectivity index (χ1n) is 5.73. The molecule has 2 rings (SSSR count). The molecule has 0 unspecified atom stereocenters. The fourth-order valence-corrected chi connectivity index (χ4v) is 2.76. The van der Waals surface area contributed by atoms with E-state index < -0.39 is 0 Å². The minimum Gasteiger partial charge on any atom is -0.496 e. The van der Waals surface area contributed by atoms with Gasteiger partial charge in [-0.15, -0.1) is 11.8 Å². The molecular weight excluding hydrogens is 264 g/mol. The van der Waals surface area contributed by atoms with Gasteiger partial charge in [-0.05, 0) is 35.6 Å². The van der Waals surface area contributed by atoms with Gasteiger partial charge in [0.2, 0.25) is 0 Å². The minimum atomic E-state index is 0.777. The van der Waals surface area contributed by atoms with Gasteiger partial charge in [0.25, 0.3) is 0 Å². The second-order valence-electron chi connectivity index (χ2n) is 3.69. The summed E-state index contributed by atoms with van der Waals surface area (Å²) in [5.74, 6) is 1.82. The Bertz CT molecular complexity index is 540. The van der Waals surface area contributed by atoms with Crippen LogP contribution in [0.4, 0.5) is 0 Å². The number of thioether (sulfide) groups is 1. The second-order valence-corrected chi connectivity index (χ2v) is 5.40. The molecule has 2 aromatic carbocycles. The van der Waals surface area contributed by atoms with Crippen LogP contribution in [0.15, 0.2) is 41.3 Å². The van der Waals surface area contributed by atoms with Crippen LogP contribution in [0.3, 0.4) is 0 Å². The van der Waals surface area contributed by atoms with Crippen molar-refractivity contribution in [2.45, 2.75) is 11.8 Å². The average Bonchev–Trinajstić information content (AvgIpc) is 2.41. The lowest BCUT2D eigenvalue weighted by Gasteiger charge is -2.09. The lowest BCUT2D eigenvalue weighted by atomic mass is 10.0. The summed E-state index contributed by atoms with van der Waals surface area (Å²) in [6, 6.07) is 15.0. The molecule has 0 saturated heterocycles. The van der Waals surface area contributed by atoms with Gasteiger partial charge in [-0.25, -0.2) is 0 Å². The molecule has 0 saturated carbocycles. The molecular formula is C15H14ClOS. The van der Waals surface area contributed by atoms with E-state index in [-0.39, 0.29) is 0 Å². The molecule has 0 aromatic heterocycles. The molecule has 3 heteroatoms. The van der Waals surface area contributed by atoms with E-state index in [0.717, 1.165) is 32.5 Å². The zero-order chi connectivity index (χ0) is 13.0. The Balaban J connectivity index is 2.42. The highest BCUT2D eigenvalue weighted by Gasteiger charge is 2.08. The minimum absolute atomic E-state index is 0.777. The summed E-state index contributed by atoms with van der Waals surface area (Å²) in [6.45, 7) is 2.11. The number of rotatable bonds is 4. The largest absolute Gasteiger partial charge is 0.496 e. The van der Waals surface area contributed by atoms with Gasteiger partial charge in [0.15, 0.2) is 0 Å². The van der Waals surface area contributed by atoms with E-state index in [1.165, 1.54) is 0 Å². The highest BCUT2D eigenvalue weighted by molar-refractivity contribution is 7.99. The van der Waals surface area contributed by atoms with E-state index in [2.05, 4.69) is 19.1 Å². The van der Waals surface area contributed by atoms with Gasteiger partial charge in [-0.2, -0.15) is 0 Å². The van der Waals surface area contributed by atoms with Crippen LogP contribution in [0.5, 0.6) is 5.75 Å². The van der Waals surface area contributed by atoms with Crippen LogP contribution in [-0.2, 0) is 0 Å². The summed E-state index contributed by atoms with van der Waals surface area (Å²) in [5.41, 5.74) is 1.97. The lowest BCUT2D eigenvalue weighted by molar-refractivity contribution is 0.416. The average molecular weight is 278 g/mol. The number of ether oxygens (including phenoxy) is 1. The Labute approximate surface area is 117 Å². The topological polar surface area (TPSA) is 9.23 Å². The van der Waals surface area contributed by atoms with Crippen molar-refractivity contribution in [2.75, 3.05) is 12.9 Å². The third-order valence-corrected chi connectivity index (χ3v) is 3.94. The van der Waals surface area contributed by atoms with Crippen LogP contribution in [0.25, 0.3) is 11.1 Å². The van der Waals surface area contributed by atoms with Crippen molar-refractivity contribution in [1.82, 2.24) is 0 Å². The van der Waals surface area contributed by atoms with Crippen LogP contribution in [0, 0.1) is 6.07 Å². The van der Waals surface area contributed by atoms with E-state index in [1.54, 1.807) is 18.9 Å². The van der Waals surface area contributed by atoms with Gasteiger partial charge in [-0.3, -0.25) is 0 Å². The monoisotopic (exact) mass is 277 g/mol. The molecule has 0 aliphatic carbocycles. The SMILES string of the molecule is CCSc1ccc(-c2[c]cccc2OC)cc1Cl. The van der Waals surface area contributed by atoms with Gasteiger partial charge in [0, 0.05) is 10.5 Å². The summed E-state index contributed by atoms with van der Waals surface area (Å²) in [4.78, 5) is 1.11. The maximum atomic E-state index is 6.28. The molecule has 0 fully saturated rings. The van der Waals surface area contributed by atoms with Gasteiger partial charge < -0.3 is 4.74 Å². The van der Waals surface area contributed by atoms with Crippen LogP contribution in [0.1, 0.15) is 6.92 Å².